The van der Waals surface area contributed by atoms with E-state index in [0.717, 1.165) is 48.3 Å². The molecule has 37 heavy (non-hydrogen) atoms. The highest BCUT2D eigenvalue weighted by Crippen LogP contribution is 2.68. The Balaban J connectivity index is 1.35. The number of hydrogen-bond acceptors (Lipinski definition) is 4. The second-order valence-electron chi connectivity index (χ2n) is 14.4. The number of rotatable bonds is 11. The smallest absolute Gasteiger partial charge is 0.336 e. The summed E-state index contributed by atoms with van der Waals surface area (Å²) in [4.78, 5) is 12.6. The van der Waals surface area contributed by atoms with E-state index in [4.69, 9.17) is 14.6 Å². The lowest BCUT2D eigenvalue weighted by Gasteiger charge is -2.61. The summed E-state index contributed by atoms with van der Waals surface area (Å²) in [5.74, 6) is 5.61. The van der Waals surface area contributed by atoms with E-state index in [9.17, 15) is 4.79 Å². The predicted octanol–water partition coefficient (Wildman–Crippen LogP) is 7.58. The molecule has 0 amide bonds. The van der Waals surface area contributed by atoms with Crippen LogP contribution in [0.25, 0.3) is 0 Å². The van der Waals surface area contributed by atoms with Gasteiger partial charge in [-0.3, -0.25) is 0 Å². The maximum atomic E-state index is 12.6. The normalized spacial score (nSPS) is 40.0. The van der Waals surface area contributed by atoms with E-state index in [2.05, 4.69) is 41.2 Å². The van der Waals surface area contributed by atoms with Gasteiger partial charge in [-0.2, -0.15) is 0 Å². The molecule has 0 heterocycles. The molecule has 1 N–H and O–H groups in total. The van der Waals surface area contributed by atoms with Gasteiger partial charge in [-0.1, -0.05) is 60.5 Å². The Kier molecular flexibility index (Phi) is 9.53. The van der Waals surface area contributed by atoms with Crippen molar-refractivity contribution in [2.75, 3.05) is 19.8 Å². The van der Waals surface area contributed by atoms with Gasteiger partial charge in [0.1, 0.15) is 6.10 Å². The first-order chi connectivity index (χ1) is 17.6. The van der Waals surface area contributed by atoms with Crippen molar-refractivity contribution in [3.8, 4) is 0 Å². The molecule has 0 spiro atoms. The van der Waals surface area contributed by atoms with Crippen molar-refractivity contribution < 1.29 is 19.4 Å². The standard InChI is InChI=1S/C33H56O4/c1-22(2)8-7-9-23(3)28-12-13-29-27-11-10-25-20-26(37-31(35)24(4)21-36-19-18-34)14-16-32(25,5)30(27)15-17-33(28,29)6/h22-23,25-30,34H,4,7-21H2,1-3,5-6H3/t23-,25+,26+,27+,28?,29+,30+,32+,33-/m1/s1. The Labute approximate surface area is 227 Å². The first kappa shape index (κ1) is 29.1. The zero-order chi connectivity index (χ0) is 26.8. The summed E-state index contributed by atoms with van der Waals surface area (Å²) in [6, 6.07) is 0. The van der Waals surface area contributed by atoms with E-state index >= 15 is 0 Å². The van der Waals surface area contributed by atoms with Crippen LogP contribution in [0.5, 0.6) is 0 Å². The van der Waals surface area contributed by atoms with Crippen LogP contribution in [0.3, 0.4) is 0 Å². The third-order valence-electron chi connectivity index (χ3n) is 11.9. The molecule has 4 aliphatic rings. The first-order valence-corrected chi connectivity index (χ1v) is 15.7. The number of aliphatic hydroxyl groups excluding tert-OH is 1. The van der Waals surface area contributed by atoms with Crippen molar-refractivity contribution in [2.45, 2.75) is 118 Å². The fourth-order valence-electron chi connectivity index (χ4n) is 9.90. The zero-order valence-electron chi connectivity index (χ0n) is 24.6. The highest BCUT2D eigenvalue weighted by molar-refractivity contribution is 5.88. The molecule has 0 saturated heterocycles. The van der Waals surface area contributed by atoms with Crippen LogP contribution in [0.15, 0.2) is 12.2 Å². The molecule has 9 atom stereocenters. The Morgan fingerprint density at radius 3 is 2.43 bits per heavy atom. The highest BCUT2D eigenvalue weighted by atomic mass is 16.5. The molecule has 4 saturated carbocycles. The molecule has 0 aliphatic heterocycles. The summed E-state index contributed by atoms with van der Waals surface area (Å²) >= 11 is 0. The summed E-state index contributed by atoms with van der Waals surface area (Å²) in [5.41, 5.74) is 1.30. The minimum absolute atomic E-state index is 0.00752. The maximum Gasteiger partial charge on any atom is 0.336 e. The SMILES string of the molecule is C=C(COCCO)C(=O)O[C@H]1CC[C@@]2(C)[C@@H](CC[C@@H]3[C@@H]2CC[C@]2(C)C([C@H](C)CCCC(C)C)CC[C@@H]32)C1. The van der Waals surface area contributed by atoms with Crippen LogP contribution < -0.4 is 0 Å². The molecule has 1 unspecified atom stereocenters. The van der Waals surface area contributed by atoms with Crippen LogP contribution in [0.2, 0.25) is 0 Å². The number of aliphatic hydroxyl groups is 1. The monoisotopic (exact) mass is 516 g/mol. The van der Waals surface area contributed by atoms with Crippen LogP contribution in [-0.2, 0) is 14.3 Å². The van der Waals surface area contributed by atoms with Crippen molar-refractivity contribution in [2.24, 2.45) is 52.3 Å². The molecule has 0 aromatic heterocycles. The van der Waals surface area contributed by atoms with E-state index in [-0.39, 0.29) is 31.9 Å². The van der Waals surface area contributed by atoms with E-state index in [1.54, 1.807) is 0 Å². The Morgan fingerprint density at radius 1 is 0.973 bits per heavy atom. The first-order valence-electron chi connectivity index (χ1n) is 15.7. The number of carbonyl (C=O) groups excluding carboxylic acids is 1. The molecular formula is C33H56O4. The third kappa shape index (κ3) is 6.01. The van der Waals surface area contributed by atoms with E-state index in [1.807, 2.05) is 0 Å². The van der Waals surface area contributed by atoms with Gasteiger partial charge in [0.15, 0.2) is 0 Å². The molecule has 0 aromatic carbocycles. The Morgan fingerprint density at radius 2 is 1.70 bits per heavy atom. The number of carbonyl (C=O) groups is 1. The number of ether oxygens (including phenoxy) is 2. The summed E-state index contributed by atoms with van der Waals surface area (Å²) in [5, 5.41) is 8.87. The summed E-state index contributed by atoms with van der Waals surface area (Å²) in [6.45, 7) is 16.7. The van der Waals surface area contributed by atoms with E-state index in [0.29, 0.717) is 22.3 Å². The van der Waals surface area contributed by atoms with E-state index in [1.165, 1.54) is 64.2 Å². The molecule has 4 fully saturated rings. The number of esters is 1. The lowest BCUT2D eigenvalue weighted by atomic mass is 9.44. The highest BCUT2D eigenvalue weighted by Gasteiger charge is 2.60. The number of hydrogen-bond donors (Lipinski definition) is 1. The average molecular weight is 517 g/mol. The second-order valence-corrected chi connectivity index (χ2v) is 14.4. The van der Waals surface area contributed by atoms with Gasteiger partial charge >= 0.3 is 5.97 Å². The summed E-state index contributed by atoms with van der Waals surface area (Å²) < 4.78 is 11.2. The molecular weight excluding hydrogens is 460 g/mol. The molecule has 212 valence electrons. The van der Waals surface area contributed by atoms with Crippen LogP contribution in [-0.4, -0.2) is 37.0 Å². The van der Waals surface area contributed by atoms with Crippen molar-refractivity contribution in [3.05, 3.63) is 12.2 Å². The van der Waals surface area contributed by atoms with Gasteiger partial charge in [0.25, 0.3) is 0 Å². The summed E-state index contributed by atoms with van der Waals surface area (Å²) in [7, 11) is 0. The maximum absolute atomic E-state index is 12.6. The fraction of sp³-hybridized carbons (Fsp3) is 0.909. The van der Waals surface area contributed by atoms with Crippen molar-refractivity contribution in [1.29, 1.82) is 0 Å². The van der Waals surface area contributed by atoms with Crippen LogP contribution in [0.4, 0.5) is 0 Å². The quantitative estimate of drug-likeness (QED) is 0.175. The van der Waals surface area contributed by atoms with Gasteiger partial charge in [0.2, 0.25) is 0 Å². The summed E-state index contributed by atoms with van der Waals surface area (Å²) in [6.07, 6.45) is 15.8. The predicted molar refractivity (Wildman–Crippen MR) is 150 cm³/mol. The molecule has 4 rings (SSSR count). The van der Waals surface area contributed by atoms with Gasteiger partial charge in [-0.05, 0) is 110 Å². The van der Waals surface area contributed by atoms with Crippen molar-refractivity contribution in [3.63, 3.8) is 0 Å². The van der Waals surface area contributed by atoms with Crippen molar-refractivity contribution >= 4 is 5.97 Å². The van der Waals surface area contributed by atoms with Crippen LogP contribution >= 0.6 is 0 Å². The largest absolute Gasteiger partial charge is 0.459 e. The topological polar surface area (TPSA) is 55.8 Å². The molecule has 4 heteroatoms. The van der Waals surface area contributed by atoms with Gasteiger partial charge in [0.05, 0.1) is 25.4 Å². The van der Waals surface area contributed by atoms with Crippen LogP contribution in [0, 0.1) is 52.3 Å². The molecule has 4 nitrogen and oxygen atoms in total. The van der Waals surface area contributed by atoms with Gasteiger partial charge < -0.3 is 14.6 Å². The lowest BCUT2D eigenvalue weighted by Crippen LogP contribution is -2.54. The fourth-order valence-corrected chi connectivity index (χ4v) is 9.90. The molecule has 0 aromatic rings. The number of fused-ring (bicyclic) bond motifs is 5. The second kappa shape index (κ2) is 12.1. The van der Waals surface area contributed by atoms with E-state index < -0.39 is 0 Å². The average Bonchev–Trinajstić information content (AvgIpc) is 3.21. The lowest BCUT2D eigenvalue weighted by molar-refractivity contribution is -0.159. The van der Waals surface area contributed by atoms with Crippen molar-refractivity contribution in [1.82, 2.24) is 0 Å². The molecule has 4 aliphatic carbocycles. The Hall–Kier alpha value is -0.870. The van der Waals surface area contributed by atoms with Gasteiger partial charge in [-0.15, -0.1) is 0 Å². The van der Waals surface area contributed by atoms with Gasteiger partial charge in [0, 0.05) is 0 Å². The third-order valence-corrected chi connectivity index (χ3v) is 11.9. The molecule has 0 bridgehead atoms. The zero-order valence-corrected chi connectivity index (χ0v) is 24.6. The minimum atomic E-state index is -0.326. The van der Waals surface area contributed by atoms with Crippen LogP contribution in [0.1, 0.15) is 112 Å². The Bertz CT molecular complexity index is 791. The minimum Gasteiger partial charge on any atom is -0.459 e. The van der Waals surface area contributed by atoms with Gasteiger partial charge in [-0.25, -0.2) is 4.79 Å². The molecule has 0 radical (unpaired) electrons.